The van der Waals surface area contributed by atoms with Gasteiger partial charge in [-0.2, -0.15) is 0 Å². The highest BCUT2D eigenvalue weighted by Gasteiger charge is 2.22. The van der Waals surface area contributed by atoms with E-state index >= 15 is 0 Å². The summed E-state index contributed by atoms with van der Waals surface area (Å²) in [5.74, 6) is 0.721. The zero-order valence-corrected chi connectivity index (χ0v) is 16.0. The maximum absolute atomic E-state index is 9.34. The van der Waals surface area contributed by atoms with Crippen LogP contribution in [-0.4, -0.2) is 55.4 Å². The van der Waals surface area contributed by atoms with Crippen LogP contribution in [0.3, 0.4) is 0 Å². The predicted molar refractivity (Wildman–Crippen MR) is 104 cm³/mol. The Balaban J connectivity index is 1.37. The Hall–Kier alpha value is -0.780. The van der Waals surface area contributed by atoms with Gasteiger partial charge in [-0.1, -0.05) is 23.2 Å². The van der Waals surface area contributed by atoms with Gasteiger partial charge >= 0.3 is 0 Å². The predicted octanol–water partition coefficient (Wildman–Crippen LogP) is 3.60. The summed E-state index contributed by atoms with van der Waals surface area (Å²) in [5.41, 5.74) is 2.15. The van der Waals surface area contributed by atoms with E-state index < -0.39 is 0 Å². The minimum atomic E-state index is 0.294. The molecule has 4 nitrogen and oxygen atoms in total. The van der Waals surface area contributed by atoms with E-state index in [0.717, 1.165) is 56.8 Å². The van der Waals surface area contributed by atoms with Gasteiger partial charge < -0.3 is 15.2 Å². The maximum atomic E-state index is 9.34. The number of likely N-dealkylation sites (tertiary alicyclic amines) is 1. The molecule has 1 fully saturated rings. The number of nitrogens with one attached hydrogen (secondary N) is 1. The molecule has 2 aliphatic rings. The summed E-state index contributed by atoms with van der Waals surface area (Å²) >= 11 is 12.2. The largest absolute Gasteiger partial charge is 0.487 e. The van der Waals surface area contributed by atoms with Crippen molar-refractivity contribution >= 4 is 29.3 Å². The first-order chi connectivity index (χ1) is 12.2. The van der Waals surface area contributed by atoms with Gasteiger partial charge in [-0.3, -0.25) is 4.90 Å². The minimum absolute atomic E-state index is 0.294. The fourth-order valence-electron chi connectivity index (χ4n) is 3.58. The van der Waals surface area contributed by atoms with Gasteiger partial charge in [0.05, 0.1) is 11.6 Å². The van der Waals surface area contributed by atoms with E-state index in [1.807, 2.05) is 6.07 Å². The van der Waals surface area contributed by atoms with Crippen LogP contribution in [0.1, 0.15) is 31.2 Å². The second-order valence-corrected chi connectivity index (χ2v) is 7.64. The summed E-state index contributed by atoms with van der Waals surface area (Å²) in [6.07, 6.45) is 6.76. The summed E-state index contributed by atoms with van der Waals surface area (Å²) < 4.78 is 5.76. The second kappa shape index (κ2) is 9.24. The first kappa shape index (κ1) is 19.0. The molecule has 25 heavy (non-hydrogen) atoms. The Morgan fingerprint density at radius 3 is 3.00 bits per heavy atom. The molecule has 2 aliphatic heterocycles. The van der Waals surface area contributed by atoms with Crippen molar-refractivity contribution in [3.63, 3.8) is 0 Å². The van der Waals surface area contributed by atoms with E-state index in [0.29, 0.717) is 29.3 Å². The smallest absolute Gasteiger partial charge is 0.145 e. The molecule has 0 aromatic heterocycles. The van der Waals surface area contributed by atoms with Crippen molar-refractivity contribution in [3.05, 3.63) is 33.3 Å². The van der Waals surface area contributed by atoms with Crippen molar-refractivity contribution in [2.75, 3.05) is 39.4 Å². The van der Waals surface area contributed by atoms with Crippen molar-refractivity contribution < 1.29 is 9.84 Å². The number of fused-ring (bicyclic) bond motifs is 1. The summed E-state index contributed by atoms with van der Waals surface area (Å²) in [5, 5.41) is 14.0. The SMILES string of the molecule is OCC1CCCN1CCCCNCC1=Cc2cc(Cl)cc(Cl)c2OC1. The van der Waals surface area contributed by atoms with E-state index in [9.17, 15) is 5.11 Å². The van der Waals surface area contributed by atoms with Crippen molar-refractivity contribution in [2.24, 2.45) is 0 Å². The average molecular weight is 385 g/mol. The molecule has 2 heterocycles. The molecular weight excluding hydrogens is 359 g/mol. The van der Waals surface area contributed by atoms with Crippen LogP contribution >= 0.6 is 23.2 Å². The van der Waals surface area contributed by atoms with Crippen LogP contribution in [-0.2, 0) is 0 Å². The number of ether oxygens (including phenoxy) is 1. The fourth-order valence-corrected chi connectivity index (χ4v) is 4.14. The monoisotopic (exact) mass is 384 g/mol. The number of hydrogen-bond acceptors (Lipinski definition) is 4. The Kier molecular flexibility index (Phi) is 7.02. The molecule has 0 bridgehead atoms. The van der Waals surface area contributed by atoms with E-state index in [2.05, 4.69) is 16.3 Å². The van der Waals surface area contributed by atoms with Gasteiger partial charge in [0, 0.05) is 23.2 Å². The van der Waals surface area contributed by atoms with Crippen LogP contribution in [0.2, 0.25) is 10.0 Å². The number of aliphatic hydroxyl groups excluding tert-OH is 1. The van der Waals surface area contributed by atoms with Crippen LogP contribution in [0.5, 0.6) is 5.75 Å². The molecule has 0 spiro atoms. The summed E-state index contributed by atoms with van der Waals surface area (Å²) in [4.78, 5) is 2.42. The molecule has 1 atom stereocenters. The third kappa shape index (κ3) is 5.11. The molecule has 2 N–H and O–H groups in total. The number of rotatable bonds is 8. The van der Waals surface area contributed by atoms with Gasteiger partial charge in [0.25, 0.3) is 0 Å². The molecule has 3 rings (SSSR count). The number of unbranched alkanes of at least 4 members (excludes halogenated alkanes) is 1. The van der Waals surface area contributed by atoms with Crippen molar-refractivity contribution in [3.8, 4) is 5.75 Å². The number of nitrogens with zero attached hydrogens (tertiary/aromatic N) is 1. The lowest BCUT2D eigenvalue weighted by molar-refractivity contribution is 0.157. The van der Waals surface area contributed by atoms with Gasteiger partial charge in [0.1, 0.15) is 12.4 Å². The fraction of sp³-hybridized carbons (Fsp3) is 0.579. The normalized spacial score (nSPS) is 20.3. The highest BCUT2D eigenvalue weighted by atomic mass is 35.5. The van der Waals surface area contributed by atoms with Gasteiger partial charge in [-0.15, -0.1) is 0 Å². The zero-order valence-electron chi connectivity index (χ0n) is 14.4. The Bertz CT molecular complexity index is 622. The minimum Gasteiger partial charge on any atom is -0.487 e. The molecule has 1 aromatic rings. The molecule has 1 unspecified atom stereocenters. The quantitative estimate of drug-likeness (QED) is 0.672. The first-order valence-corrected chi connectivity index (χ1v) is 9.80. The van der Waals surface area contributed by atoms with Gasteiger partial charge in [-0.25, -0.2) is 0 Å². The highest BCUT2D eigenvalue weighted by molar-refractivity contribution is 6.36. The van der Waals surface area contributed by atoms with Crippen LogP contribution in [0.4, 0.5) is 0 Å². The van der Waals surface area contributed by atoms with Crippen LogP contribution in [0.15, 0.2) is 17.7 Å². The van der Waals surface area contributed by atoms with Crippen LogP contribution < -0.4 is 10.1 Å². The Morgan fingerprint density at radius 1 is 1.28 bits per heavy atom. The molecule has 0 amide bonds. The van der Waals surface area contributed by atoms with E-state index in [4.69, 9.17) is 27.9 Å². The Labute approximate surface area is 159 Å². The first-order valence-electron chi connectivity index (χ1n) is 9.04. The molecule has 6 heteroatoms. The number of aliphatic hydroxyl groups is 1. The molecule has 0 aliphatic carbocycles. The molecule has 1 aromatic carbocycles. The topological polar surface area (TPSA) is 44.7 Å². The number of benzene rings is 1. The van der Waals surface area contributed by atoms with Gasteiger partial charge in [0.15, 0.2) is 0 Å². The molecule has 0 saturated carbocycles. The lowest BCUT2D eigenvalue weighted by Gasteiger charge is -2.22. The maximum Gasteiger partial charge on any atom is 0.145 e. The van der Waals surface area contributed by atoms with Crippen LogP contribution in [0.25, 0.3) is 6.08 Å². The van der Waals surface area contributed by atoms with Crippen molar-refractivity contribution in [1.29, 1.82) is 0 Å². The molecule has 138 valence electrons. The van der Waals surface area contributed by atoms with E-state index in [1.54, 1.807) is 6.07 Å². The molecular formula is C19H26Cl2N2O2. The Morgan fingerprint density at radius 2 is 2.16 bits per heavy atom. The van der Waals surface area contributed by atoms with Crippen molar-refractivity contribution in [1.82, 2.24) is 10.2 Å². The summed E-state index contributed by atoms with van der Waals surface area (Å²) in [6.45, 7) is 4.87. The van der Waals surface area contributed by atoms with Gasteiger partial charge in [0.2, 0.25) is 0 Å². The molecule has 1 saturated heterocycles. The average Bonchev–Trinajstić information content (AvgIpc) is 3.05. The third-order valence-corrected chi connectivity index (χ3v) is 5.41. The van der Waals surface area contributed by atoms with Crippen LogP contribution in [0, 0.1) is 0 Å². The third-order valence-electron chi connectivity index (χ3n) is 4.91. The highest BCUT2D eigenvalue weighted by Crippen LogP contribution is 2.36. The number of hydrogen-bond donors (Lipinski definition) is 2. The molecule has 0 radical (unpaired) electrons. The summed E-state index contributed by atoms with van der Waals surface area (Å²) in [6, 6.07) is 3.98. The lowest BCUT2D eigenvalue weighted by atomic mass is 10.1. The number of halogens is 2. The summed E-state index contributed by atoms with van der Waals surface area (Å²) in [7, 11) is 0. The lowest BCUT2D eigenvalue weighted by Crippen LogP contribution is -2.33. The zero-order chi connectivity index (χ0) is 17.6. The van der Waals surface area contributed by atoms with E-state index in [-0.39, 0.29) is 0 Å². The standard InChI is InChI=1S/C19H26Cl2N2O2/c20-16-9-15-8-14(13-25-19(15)18(21)10-16)11-22-5-1-2-6-23-7-3-4-17(23)12-24/h8-10,17,22,24H,1-7,11-13H2. The van der Waals surface area contributed by atoms with Crippen molar-refractivity contribution in [2.45, 2.75) is 31.7 Å². The van der Waals surface area contributed by atoms with E-state index in [1.165, 1.54) is 12.0 Å². The van der Waals surface area contributed by atoms with Gasteiger partial charge in [-0.05, 0) is 69.1 Å². The second-order valence-electron chi connectivity index (χ2n) is 6.80.